The summed E-state index contributed by atoms with van der Waals surface area (Å²) >= 11 is 0. The molecule has 120 valence electrons. The molecule has 0 atom stereocenters. The van der Waals surface area contributed by atoms with Crippen molar-refractivity contribution in [3.63, 3.8) is 0 Å². The number of sulfonamides is 1. The van der Waals surface area contributed by atoms with Crippen LogP contribution in [0.1, 0.15) is 55.4 Å². The van der Waals surface area contributed by atoms with E-state index >= 15 is 0 Å². The van der Waals surface area contributed by atoms with Crippen molar-refractivity contribution in [1.82, 2.24) is 9.62 Å². The number of hydrogen-bond acceptors (Lipinski definition) is 3. The van der Waals surface area contributed by atoms with Gasteiger partial charge >= 0.3 is 0 Å². The van der Waals surface area contributed by atoms with Crippen LogP contribution in [0.25, 0.3) is 0 Å². The summed E-state index contributed by atoms with van der Waals surface area (Å²) < 4.78 is 24.9. The minimum absolute atomic E-state index is 0.125. The van der Waals surface area contributed by atoms with Crippen molar-refractivity contribution in [2.45, 2.75) is 66.5 Å². The van der Waals surface area contributed by atoms with E-state index < -0.39 is 21.1 Å². The molecule has 20 heavy (non-hydrogen) atoms. The van der Waals surface area contributed by atoms with Crippen LogP contribution in [0.5, 0.6) is 0 Å². The molecule has 5 nitrogen and oxygen atoms in total. The quantitative estimate of drug-likeness (QED) is 0.863. The van der Waals surface area contributed by atoms with Gasteiger partial charge in [0, 0.05) is 11.1 Å². The maximum atomic E-state index is 12.2. The number of amides is 1. The van der Waals surface area contributed by atoms with Gasteiger partial charge in [0.15, 0.2) is 0 Å². The van der Waals surface area contributed by atoms with Crippen LogP contribution < -0.4 is 5.32 Å². The Morgan fingerprint density at radius 3 is 1.65 bits per heavy atom. The highest BCUT2D eigenvalue weighted by molar-refractivity contribution is 7.88. The molecule has 6 heteroatoms. The maximum absolute atomic E-state index is 12.2. The topological polar surface area (TPSA) is 66.5 Å². The molecule has 0 aliphatic heterocycles. The maximum Gasteiger partial charge on any atom is 0.235 e. The zero-order valence-corrected chi connectivity index (χ0v) is 15.1. The largest absolute Gasteiger partial charge is 0.350 e. The Labute approximate surface area is 124 Å². The van der Waals surface area contributed by atoms with Crippen molar-refractivity contribution < 1.29 is 13.2 Å². The first-order chi connectivity index (χ1) is 8.48. The molecule has 0 bridgehead atoms. The summed E-state index contributed by atoms with van der Waals surface area (Å²) in [5.41, 5.74) is -1.18. The summed E-state index contributed by atoms with van der Waals surface area (Å²) in [6, 6.07) is 0. The molecule has 0 aliphatic rings. The number of hydrogen-bond donors (Lipinski definition) is 1. The molecular weight excluding hydrogens is 276 g/mol. The van der Waals surface area contributed by atoms with Crippen LogP contribution in [-0.2, 0) is 14.8 Å². The van der Waals surface area contributed by atoms with Crippen LogP contribution in [0.3, 0.4) is 0 Å². The molecule has 0 aliphatic carbocycles. The van der Waals surface area contributed by atoms with Crippen LogP contribution in [0.4, 0.5) is 0 Å². The first-order valence-electron chi connectivity index (χ1n) is 6.77. The lowest BCUT2D eigenvalue weighted by Gasteiger charge is -2.40. The summed E-state index contributed by atoms with van der Waals surface area (Å²) in [4.78, 5) is 12.2. The number of nitrogens with one attached hydrogen (secondary N) is 1. The zero-order chi connectivity index (χ0) is 16.6. The summed E-state index contributed by atoms with van der Waals surface area (Å²) in [6.07, 6.45) is 1.13. The van der Waals surface area contributed by atoms with E-state index in [0.29, 0.717) is 0 Å². The molecule has 0 radical (unpaired) electrons. The Hall–Kier alpha value is -0.620. The monoisotopic (exact) mass is 306 g/mol. The van der Waals surface area contributed by atoms with E-state index in [1.54, 1.807) is 20.8 Å². The fourth-order valence-electron chi connectivity index (χ4n) is 1.56. The molecular formula is C14H30N2O3S. The molecule has 0 rings (SSSR count). The normalized spacial score (nSPS) is 14.5. The van der Waals surface area contributed by atoms with Gasteiger partial charge in [0.05, 0.1) is 12.8 Å². The second kappa shape index (κ2) is 5.64. The lowest BCUT2D eigenvalue weighted by molar-refractivity contribution is -0.124. The second-order valence-electron chi connectivity index (χ2n) is 7.86. The fourth-order valence-corrected chi connectivity index (χ4v) is 2.90. The van der Waals surface area contributed by atoms with Gasteiger partial charge < -0.3 is 5.32 Å². The van der Waals surface area contributed by atoms with E-state index in [1.165, 1.54) is 4.31 Å². The average molecular weight is 306 g/mol. The van der Waals surface area contributed by atoms with E-state index in [1.807, 2.05) is 34.6 Å². The van der Waals surface area contributed by atoms with Crippen LogP contribution in [0.15, 0.2) is 0 Å². The molecule has 0 fully saturated rings. The highest BCUT2D eigenvalue weighted by Crippen LogP contribution is 2.29. The van der Waals surface area contributed by atoms with Gasteiger partial charge in [-0.25, -0.2) is 8.42 Å². The fraction of sp³-hybridized carbons (Fsp3) is 0.929. The Kier molecular flexibility index (Phi) is 5.46. The Morgan fingerprint density at radius 1 is 1.00 bits per heavy atom. The molecule has 0 unspecified atom stereocenters. The van der Waals surface area contributed by atoms with Gasteiger partial charge in [0.25, 0.3) is 0 Å². The summed E-state index contributed by atoms with van der Waals surface area (Å²) in [5, 5.41) is 2.93. The Balaban J connectivity index is 5.09. The molecule has 0 aromatic rings. The third kappa shape index (κ3) is 5.40. The third-order valence-electron chi connectivity index (χ3n) is 3.76. The van der Waals surface area contributed by atoms with Gasteiger partial charge in [-0.1, -0.05) is 20.8 Å². The first-order valence-corrected chi connectivity index (χ1v) is 8.62. The van der Waals surface area contributed by atoms with E-state index in [9.17, 15) is 13.2 Å². The van der Waals surface area contributed by atoms with Crippen molar-refractivity contribution in [2.24, 2.45) is 5.41 Å². The summed E-state index contributed by atoms with van der Waals surface area (Å²) in [5.74, 6) is -0.287. The standard InChI is InChI=1S/C14H30N2O3S/c1-12(2,3)14(7,8)15-11(17)10-16(13(4,5)6)20(9,18)19/h10H2,1-9H3,(H,15,17). The minimum Gasteiger partial charge on any atom is -0.350 e. The predicted molar refractivity (Wildman–Crippen MR) is 83.0 cm³/mol. The van der Waals surface area contributed by atoms with Gasteiger partial charge in [0.1, 0.15) is 0 Å². The number of carbonyl (C=O) groups excluding carboxylic acids is 1. The van der Waals surface area contributed by atoms with Gasteiger partial charge in [-0.05, 0) is 40.0 Å². The smallest absolute Gasteiger partial charge is 0.235 e. The van der Waals surface area contributed by atoms with Gasteiger partial charge in [-0.3, -0.25) is 4.79 Å². The van der Waals surface area contributed by atoms with E-state index in [2.05, 4.69) is 5.32 Å². The molecule has 0 aromatic heterocycles. The Morgan fingerprint density at radius 2 is 1.40 bits per heavy atom. The first kappa shape index (κ1) is 19.4. The van der Waals surface area contributed by atoms with Crippen LogP contribution in [0.2, 0.25) is 0 Å². The molecule has 1 amide bonds. The van der Waals surface area contributed by atoms with Crippen LogP contribution in [0, 0.1) is 5.41 Å². The minimum atomic E-state index is -3.44. The lowest BCUT2D eigenvalue weighted by Crippen LogP contribution is -2.57. The zero-order valence-electron chi connectivity index (χ0n) is 14.3. The highest BCUT2D eigenvalue weighted by Gasteiger charge is 2.36. The number of nitrogens with zero attached hydrogens (tertiary/aromatic N) is 1. The van der Waals surface area contributed by atoms with Crippen molar-refractivity contribution in [1.29, 1.82) is 0 Å². The molecule has 1 N–H and O–H groups in total. The van der Waals surface area contributed by atoms with E-state index in [0.717, 1.165) is 6.26 Å². The summed E-state index contributed by atoms with van der Waals surface area (Å²) in [7, 11) is -3.44. The van der Waals surface area contributed by atoms with Gasteiger partial charge in [0.2, 0.25) is 15.9 Å². The lowest BCUT2D eigenvalue weighted by atomic mass is 9.76. The predicted octanol–water partition coefficient (Wildman–Crippen LogP) is 1.99. The second-order valence-corrected chi connectivity index (χ2v) is 9.77. The van der Waals surface area contributed by atoms with Gasteiger partial charge in [-0.15, -0.1) is 0 Å². The molecule has 0 heterocycles. The van der Waals surface area contributed by atoms with E-state index in [-0.39, 0.29) is 17.9 Å². The van der Waals surface area contributed by atoms with Crippen molar-refractivity contribution in [3.05, 3.63) is 0 Å². The molecule has 0 spiro atoms. The number of rotatable bonds is 4. The third-order valence-corrected chi connectivity index (χ3v) is 5.24. The highest BCUT2D eigenvalue weighted by atomic mass is 32.2. The SMILES string of the molecule is CC(C)(C)N(CC(=O)NC(C)(C)C(C)(C)C)S(C)(=O)=O. The summed E-state index contributed by atoms with van der Waals surface area (Å²) in [6.45, 7) is 15.1. The molecule has 0 saturated heterocycles. The molecule has 0 saturated carbocycles. The van der Waals surface area contributed by atoms with Crippen LogP contribution in [-0.4, -0.2) is 42.5 Å². The Bertz CT molecular complexity index is 454. The molecule has 0 aromatic carbocycles. The van der Waals surface area contributed by atoms with E-state index in [4.69, 9.17) is 0 Å². The van der Waals surface area contributed by atoms with Crippen molar-refractivity contribution >= 4 is 15.9 Å². The average Bonchev–Trinajstić information content (AvgIpc) is 2.07. The van der Waals surface area contributed by atoms with Crippen molar-refractivity contribution in [2.75, 3.05) is 12.8 Å². The van der Waals surface area contributed by atoms with Crippen LogP contribution >= 0.6 is 0 Å². The van der Waals surface area contributed by atoms with Crippen molar-refractivity contribution in [3.8, 4) is 0 Å². The number of carbonyl (C=O) groups is 1. The van der Waals surface area contributed by atoms with Gasteiger partial charge in [-0.2, -0.15) is 4.31 Å².